The molecule has 0 aliphatic heterocycles. The second-order valence-electron chi connectivity index (χ2n) is 3.68. The number of ether oxygens (including phenoxy) is 1. The molecule has 0 aliphatic rings. The van der Waals surface area contributed by atoms with Gasteiger partial charge in [0, 0.05) is 6.42 Å². The van der Waals surface area contributed by atoms with Crippen molar-refractivity contribution >= 4 is 16.2 Å². The lowest BCUT2D eigenvalue weighted by atomic mass is 10.2. The third kappa shape index (κ3) is 7.18. The first-order valence-electron chi connectivity index (χ1n) is 5.44. The summed E-state index contributed by atoms with van der Waals surface area (Å²) in [5.74, 6) is -0.517. The van der Waals surface area contributed by atoms with Gasteiger partial charge >= 0.3 is 0 Å². The first kappa shape index (κ1) is 14.8. The molecule has 2 N–H and O–H groups in total. The first-order valence-corrected chi connectivity index (χ1v) is 7.05. The highest BCUT2D eigenvalue weighted by Crippen LogP contribution is 2.02. The van der Waals surface area contributed by atoms with Crippen LogP contribution >= 0.6 is 0 Å². The number of benzene rings is 1. The van der Waals surface area contributed by atoms with E-state index in [0.717, 1.165) is 5.56 Å². The Labute approximate surface area is 106 Å². The summed E-state index contributed by atoms with van der Waals surface area (Å²) in [5, 5.41) is 9.28. The fourth-order valence-corrected chi connectivity index (χ4v) is 1.75. The van der Waals surface area contributed by atoms with Crippen LogP contribution in [0.25, 0.3) is 6.08 Å². The molecule has 0 bridgehead atoms. The monoisotopic (exact) mass is 272 g/mol. The average Bonchev–Trinajstić information content (AvgIpc) is 2.33. The molecule has 0 amide bonds. The van der Waals surface area contributed by atoms with Gasteiger partial charge in [0.25, 0.3) is 10.1 Å². The van der Waals surface area contributed by atoms with Crippen LogP contribution in [0.1, 0.15) is 12.0 Å². The average molecular weight is 272 g/mol. The van der Waals surface area contributed by atoms with Gasteiger partial charge < -0.3 is 9.84 Å². The molecule has 0 radical (unpaired) electrons. The molecule has 0 aliphatic carbocycles. The summed E-state index contributed by atoms with van der Waals surface area (Å²) in [7, 11) is -4.05. The van der Waals surface area contributed by atoms with Gasteiger partial charge in [0.2, 0.25) is 0 Å². The van der Waals surface area contributed by atoms with Gasteiger partial charge in [-0.05, 0) is 5.56 Å². The summed E-state index contributed by atoms with van der Waals surface area (Å²) in [6.45, 7) is 0.168. The van der Waals surface area contributed by atoms with Crippen LogP contribution in [0.2, 0.25) is 0 Å². The smallest absolute Gasteiger partial charge is 0.265 e. The molecule has 1 unspecified atom stereocenters. The van der Waals surface area contributed by atoms with E-state index in [1.165, 1.54) is 0 Å². The number of aliphatic hydroxyl groups is 1. The minimum absolute atomic E-state index is 0.155. The fourth-order valence-electron chi connectivity index (χ4n) is 1.25. The second-order valence-corrected chi connectivity index (χ2v) is 5.25. The zero-order valence-corrected chi connectivity index (χ0v) is 10.6. The molecule has 100 valence electrons. The van der Waals surface area contributed by atoms with Crippen molar-refractivity contribution in [2.75, 3.05) is 12.4 Å². The lowest BCUT2D eigenvalue weighted by Gasteiger charge is -2.08. The zero-order chi connectivity index (χ0) is 13.4. The normalized spacial score (nSPS) is 13.9. The predicted octanol–water partition coefficient (Wildman–Crippen LogP) is 1.31. The molecule has 1 rings (SSSR count). The standard InChI is InChI=1S/C12H16O5S/c13-12(8-10-18(14,15)16)17-9-4-7-11-5-2-1-3-6-11/h1-7,12-13H,8-10H2,(H,14,15,16). The topological polar surface area (TPSA) is 83.8 Å². The molecule has 0 saturated carbocycles. The third-order valence-corrected chi connectivity index (χ3v) is 2.87. The molecule has 0 saturated heterocycles. The molecule has 1 atom stereocenters. The maximum atomic E-state index is 10.4. The first-order chi connectivity index (χ1) is 8.47. The maximum absolute atomic E-state index is 10.4. The summed E-state index contributed by atoms with van der Waals surface area (Å²) >= 11 is 0. The minimum atomic E-state index is -4.05. The predicted molar refractivity (Wildman–Crippen MR) is 68.5 cm³/mol. The van der Waals surface area contributed by atoms with Crippen molar-refractivity contribution < 1.29 is 22.8 Å². The highest BCUT2D eigenvalue weighted by molar-refractivity contribution is 7.85. The van der Waals surface area contributed by atoms with E-state index >= 15 is 0 Å². The van der Waals surface area contributed by atoms with Crippen LogP contribution in [0.15, 0.2) is 36.4 Å². The summed E-state index contributed by atoms with van der Waals surface area (Å²) in [6.07, 6.45) is 2.19. The third-order valence-electron chi connectivity index (χ3n) is 2.12. The summed E-state index contributed by atoms with van der Waals surface area (Å²) in [4.78, 5) is 0. The van der Waals surface area contributed by atoms with Gasteiger partial charge in [0.15, 0.2) is 6.29 Å². The van der Waals surface area contributed by atoms with Crippen LogP contribution in [-0.4, -0.2) is 36.7 Å². The Morgan fingerprint density at radius 1 is 1.28 bits per heavy atom. The van der Waals surface area contributed by atoms with Crippen LogP contribution in [-0.2, 0) is 14.9 Å². The summed E-state index contributed by atoms with van der Waals surface area (Å²) in [6, 6.07) is 9.56. The van der Waals surface area contributed by atoms with Gasteiger partial charge in [-0.15, -0.1) is 0 Å². The Bertz CT molecular complexity index is 467. The number of hydrogen-bond acceptors (Lipinski definition) is 4. The Kier molecular flexibility index (Phi) is 6.00. The molecular formula is C12H16O5S. The van der Waals surface area contributed by atoms with Gasteiger partial charge in [0.1, 0.15) is 0 Å². The van der Waals surface area contributed by atoms with E-state index in [1.54, 1.807) is 6.08 Å². The Balaban J connectivity index is 2.23. The van der Waals surface area contributed by atoms with Crippen molar-refractivity contribution in [1.82, 2.24) is 0 Å². The van der Waals surface area contributed by atoms with Crippen LogP contribution < -0.4 is 0 Å². The number of rotatable bonds is 7. The molecule has 6 heteroatoms. The molecule has 1 aromatic carbocycles. The molecule has 0 fully saturated rings. The molecule has 5 nitrogen and oxygen atoms in total. The van der Waals surface area contributed by atoms with E-state index < -0.39 is 22.2 Å². The van der Waals surface area contributed by atoms with Crippen molar-refractivity contribution in [3.05, 3.63) is 42.0 Å². The van der Waals surface area contributed by atoms with Crippen molar-refractivity contribution in [2.24, 2.45) is 0 Å². The minimum Gasteiger partial charge on any atom is -0.368 e. The summed E-state index contributed by atoms with van der Waals surface area (Å²) in [5.41, 5.74) is 1.01. The highest BCUT2D eigenvalue weighted by Gasteiger charge is 2.10. The largest absolute Gasteiger partial charge is 0.368 e. The fraction of sp³-hybridized carbons (Fsp3) is 0.333. The molecule has 0 spiro atoms. The number of hydrogen-bond donors (Lipinski definition) is 2. The van der Waals surface area contributed by atoms with Crippen molar-refractivity contribution in [1.29, 1.82) is 0 Å². The highest BCUT2D eigenvalue weighted by atomic mass is 32.2. The van der Waals surface area contributed by atoms with E-state index in [9.17, 15) is 13.5 Å². The Hall–Kier alpha value is -1.21. The lowest BCUT2D eigenvalue weighted by Crippen LogP contribution is -2.17. The van der Waals surface area contributed by atoms with Crippen LogP contribution in [0, 0.1) is 0 Å². The van der Waals surface area contributed by atoms with E-state index in [1.807, 2.05) is 36.4 Å². The molecule has 0 aromatic heterocycles. The van der Waals surface area contributed by atoms with Crippen molar-refractivity contribution in [2.45, 2.75) is 12.7 Å². The lowest BCUT2D eigenvalue weighted by molar-refractivity contribution is -0.0891. The number of aliphatic hydroxyl groups excluding tert-OH is 1. The quantitative estimate of drug-likeness (QED) is 0.577. The SMILES string of the molecule is O=S(=O)(O)CCC(O)OCC=Cc1ccccc1. The van der Waals surface area contributed by atoms with Crippen LogP contribution in [0.5, 0.6) is 0 Å². The molecule has 1 aromatic rings. The van der Waals surface area contributed by atoms with E-state index in [2.05, 4.69) is 0 Å². The van der Waals surface area contributed by atoms with E-state index in [4.69, 9.17) is 9.29 Å². The van der Waals surface area contributed by atoms with Gasteiger partial charge in [-0.1, -0.05) is 42.5 Å². The van der Waals surface area contributed by atoms with Crippen LogP contribution in [0.4, 0.5) is 0 Å². The Morgan fingerprint density at radius 2 is 1.94 bits per heavy atom. The molecule has 18 heavy (non-hydrogen) atoms. The second kappa shape index (κ2) is 7.27. The van der Waals surface area contributed by atoms with E-state index in [0.29, 0.717) is 0 Å². The summed E-state index contributed by atoms with van der Waals surface area (Å²) < 4.78 is 34.3. The molecule has 0 heterocycles. The maximum Gasteiger partial charge on any atom is 0.265 e. The van der Waals surface area contributed by atoms with Gasteiger partial charge in [0.05, 0.1) is 12.4 Å². The van der Waals surface area contributed by atoms with Gasteiger partial charge in [-0.3, -0.25) is 4.55 Å². The van der Waals surface area contributed by atoms with Crippen molar-refractivity contribution in [3.8, 4) is 0 Å². The molecular weight excluding hydrogens is 256 g/mol. The van der Waals surface area contributed by atoms with Crippen LogP contribution in [0.3, 0.4) is 0 Å². The van der Waals surface area contributed by atoms with Crippen molar-refractivity contribution in [3.63, 3.8) is 0 Å². The zero-order valence-electron chi connectivity index (χ0n) is 9.77. The van der Waals surface area contributed by atoms with Gasteiger partial charge in [-0.25, -0.2) is 0 Å². The Morgan fingerprint density at radius 3 is 2.56 bits per heavy atom. The van der Waals surface area contributed by atoms with E-state index in [-0.39, 0.29) is 13.0 Å². The van der Waals surface area contributed by atoms with Gasteiger partial charge in [-0.2, -0.15) is 8.42 Å².